The first kappa shape index (κ1) is 25.5. The molecule has 0 unspecified atom stereocenters. The molecular formula is C28H28F2N2O4. The third-order valence-corrected chi connectivity index (χ3v) is 6.79. The lowest BCUT2D eigenvalue weighted by Gasteiger charge is -2.36. The fourth-order valence-corrected chi connectivity index (χ4v) is 4.79. The number of likely N-dealkylation sites (tertiary alicyclic amines) is 1. The third kappa shape index (κ3) is 5.81. The first-order valence-electron chi connectivity index (χ1n) is 11.9. The number of carbonyl (C=O) groups is 1. The Morgan fingerprint density at radius 2 is 2.03 bits per heavy atom. The number of piperidine rings is 1. The molecule has 3 atom stereocenters. The summed E-state index contributed by atoms with van der Waals surface area (Å²) in [5, 5.41) is 21.6. The number of nitrogens with zero attached hydrogens (tertiary/aromatic N) is 2. The largest absolute Gasteiger partial charge is 0.497 e. The summed E-state index contributed by atoms with van der Waals surface area (Å²) in [6.07, 6.45) is 2.48. The number of benzene rings is 2. The predicted molar refractivity (Wildman–Crippen MR) is 131 cm³/mol. The van der Waals surface area contributed by atoms with Crippen LogP contribution in [-0.4, -0.2) is 52.8 Å². The van der Waals surface area contributed by atoms with Crippen molar-refractivity contribution in [1.29, 1.82) is 0 Å². The molecule has 8 heteroatoms. The zero-order chi connectivity index (χ0) is 25.7. The molecule has 1 aromatic heterocycles. The van der Waals surface area contributed by atoms with Crippen molar-refractivity contribution in [2.45, 2.75) is 25.4 Å². The summed E-state index contributed by atoms with van der Waals surface area (Å²) in [7, 11) is 1.58. The highest BCUT2D eigenvalue weighted by Gasteiger charge is 2.34. The second kappa shape index (κ2) is 11.5. The third-order valence-electron chi connectivity index (χ3n) is 6.79. The molecule has 0 saturated carbocycles. The summed E-state index contributed by atoms with van der Waals surface area (Å²) in [6, 6.07) is 10.9. The Kier molecular flexibility index (Phi) is 8.14. The van der Waals surface area contributed by atoms with Crippen LogP contribution in [0.15, 0.2) is 48.7 Å². The lowest BCUT2D eigenvalue weighted by molar-refractivity contribution is -0.146. The van der Waals surface area contributed by atoms with Gasteiger partial charge in [0.25, 0.3) is 0 Å². The second-order valence-electron chi connectivity index (χ2n) is 9.00. The molecule has 188 valence electrons. The fourth-order valence-electron chi connectivity index (χ4n) is 4.79. The summed E-state index contributed by atoms with van der Waals surface area (Å²) in [5.74, 6) is 2.91. The predicted octanol–water partition coefficient (Wildman–Crippen LogP) is 4.41. The molecule has 0 bridgehead atoms. The number of aromatic nitrogens is 1. The van der Waals surface area contributed by atoms with Crippen molar-refractivity contribution in [3.63, 3.8) is 0 Å². The van der Waals surface area contributed by atoms with Crippen LogP contribution in [0.3, 0.4) is 0 Å². The number of aliphatic hydroxyl groups excluding tert-OH is 1. The van der Waals surface area contributed by atoms with E-state index in [1.807, 2.05) is 23.1 Å². The van der Waals surface area contributed by atoms with Gasteiger partial charge in [-0.2, -0.15) is 0 Å². The number of fused-ring (bicyclic) bond motifs is 1. The molecule has 0 radical (unpaired) electrons. The minimum Gasteiger partial charge on any atom is -0.497 e. The van der Waals surface area contributed by atoms with E-state index in [4.69, 9.17) is 4.74 Å². The van der Waals surface area contributed by atoms with Gasteiger partial charge >= 0.3 is 5.97 Å². The minimum absolute atomic E-state index is 0.104. The summed E-state index contributed by atoms with van der Waals surface area (Å²) in [6.45, 7) is 1.13. The summed E-state index contributed by atoms with van der Waals surface area (Å²) >= 11 is 0. The van der Waals surface area contributed by atoms with Crippen LogP contribution in [0.25, 0.3) is 10.9 Å². The van der Waals surface area contributed by atoms with Crippen LogP contribution >= 0.6 is 0 Å². The van der Waals surface area contributed by atoms with Gasteiger partial charge in [0.2, 0.25) is 0 Å². The van der Waals surface area contributed by atoms with Gasteiger partial charge in [-0.25, -0.2) is 8.78 Å². The molecule has 0 aliphatic carbocycles. The Balaban J connectivity index is 1.39. The number of aliphatic carboxylic acids is 1. The van der Waals surface area contributed by atoms with Gasteiger partial charge in [0, 0.05) is 18.1 Å². The summed E-state index contributed by atoms with van der Waals surface area (Å²) in [4.78, 5) is 18.2. The number of halogens is 2. The number of ether oxygens (including phenoxy) is 1. The molecule has 1 fully saturated rings. The number of methoxy groups -OCH3 is 1. The van der Waals surface area contributed by atoms with Gasteiger partial charge < -0.3 is 14.9 Å². The molecule has 1 aliphatic heterocycles. The first-order chi connectivity index (χ1) is 17.4. The van der Waals surface area contributed by atoms with Crippen molar-refractivity contribution < 1.29 is 28.5 Å². The van der Waals surface area contributed by atoms with E-state index in [2.05, 4.69) is 16.8 Å². The quantitative estimate of drug-likeness (QED) is 0.474. The van der Waals surface area contributed by atoms with Gasteiger partial charge in [-0.05, 0) is 73.7 Å². The van der Waals surface area contributed by atoms with Gasteiger partial charge in [-0.3, -0.25) is 14.7 Å². The number of hydrogen-bond donors (Lipinski definition) is 2. The molecule has 4 rings (SSSR count). The molecule has 1 saturated heterocycles. The molecule has 2 heterocycles. The van der Waals surface area contributed by atoms with E-state index in [1.165, 1.54) is 6.07 Å². The Labute approximate surface area is 208 Å². The molecule has 6 nitrogen and oxygen atoms in total. The number of hydrogen-bond acceptors (Lipinski definition) is 5. The zero-order valence-corrected chi connectivity index (χ0v) is 20.0. The van der Waals surface area contributed by atoms with Gasteiger partial charge in [-0.15, -0.1) is 0 Å². The lowest BCUT2D eigenvalue weighted by Crippen LogP contribution is -2.44. The van der Waals surface area contributed by atoms with Gasteiger partial charge in [-0.1, -0.05) is 17.9 Å². The monoisotopic (exact) mass is 494 g/mol. The summed E-state index contributed by atoms with van der Waals surface area (Å²) < 4.78 is 32.8. The van der Waals surface area contributed by atoms with E-state index >= 15 is 0 Å². The number of carboxylic acid groups (broad SMARTS) is 1. The van der Waals surface area contributed by atoms with Gasteiger partial charge in [0.05, 0.1) is 36.8 Å². The van der Waals surface area contributed by atoms with Crippen LogP contribution in [0.4, 0.5) is 8.78 Å². The molecule has 2 N–H and O–H groups in total. The maximum Gasteiger partial charge on any atom is 0.308 e. The molecular weight excluding hydrogens is 466 g/mol. The average molecular weight is 495 g/mol. The van der Waals surface area contributed by atoms with Gasteiger partial charge in [0.15, 0.2) is 0 Å². The SMILES string of the molecule is COc1ccc2nccc([C@H](O)CC[C@@H]3CCN(CC#Cc4c(F)cccc4F)C[C@@H]3C(=O)O)c2c1. The fraction of sp³-hybridized carbons (Fsp3) is 0.357. The van der Waals surface area contributed by atoms with E-state index in [-0.39, 0.29) is 18.0 Å². The number of aliphatic hydroxyl groups is 1. The van der Waals surface area contributed by atoms with E-state index in [9.17, 15) is 23.8 Å². The van der Waals surface area contributed by atoms with Crippen molar-refractivity contribution >= 4 is 16.9 Å². The minimum atomic E-state index is -0.897. The van der Waals surface area contributed by atoms with Crippen LogP contribution in [0, 0.1) is 35.3 Å². The van der Waals surface area contributed by atoms with Crippen LogP contribution in [0.2, 0.25) is 0 Å². The summed E-state index contributed by atoms with van der Waals surface area (Å²) in [5.41, 5.74) is 1.21. The van der Waals surface area contributed by atoms with E-state index in [0.29, 0.717) is 38.1 Å². The normalized spacial score (nSPS) is 18.9. The molecule has 36 heavy (non-hydrogen) atoms. The molecule has 3 aromatic rings. The maximum absolute atomic E-state index is 13.8. The Morgan fingerprint density at radius 3 is 2.75 bits per heavy atom. The Morgan fingerprint density at radius 1 is 1.25 bits per heavy atom. The number of carboxylic acids is 1. The number of rotatable bonds is 7. The highest BCUT2D eigenvalue weighted by molar-refractivity contribution is 5.83. The van der Waals surface area contributed by atoms with Crippen molar-refractivity contribution in [3.05, 3.63) is 71.4 Å². The van der Waals surface area contributed by atoms with Crippen LogP contribution in [-0.2, 0) is 4.79 Å². The van der Waals surface area contributed by atoms with Crippen molar-refractivity contribution in [1.82, 2.24) is 9.88 Å². The van der Waals surface area contributed by atoms with E-state index in [1.54, 1.807) is 19.4 Å². The zero-order valence-electron chi connectivity index (χ0n) is 20.0. The smallest absolute Gasteiger partial charge is 0.308 e. The molecule has 0 spiro atoms. The topological polar surface area (TPSA) is 82.9 Å². The second-order valence-corrected chi connectivity index (χ2v) is 9.00. The van der Waals surface area contributed by atoms with Crippen molar-refractivity contribution in [2.24, 2.45) is 11.8 Å². The van der Waals surface area contributed by atoms with E-state index in [0.717, 1.165) is 28.6 Å². The molecule has 0 amide bonds. The maximum atomic E-state index is 13.8. The average Bonchev–Trinajstić information content (AvgIpc) is 2.88. The Hall–Kier alpha value is -3.54. The standard InChI is InChI=1S/C28H28F2N2O4/c1-36-19-8-9-26-22(16-19)20(11-13-31-26)27(33)10-7-18-12-15-32(17-23(18)28(34)35)14-3-4-21-24(29)5-2-6-25(21)30/h2,5-6,8-9,11,13,16,18,23,27,33H,7,10,12,14-15,17H2,1H3,(H,34,35)/t18-,23+,27-/m1/s1. The molecule has 1 aliphatic rings. The van der Waals surface area contributed by atoms with Crippen LogP contribution in [0.1, 0.15) is 36.5 Å². The number of pyridine rings is 1. The molecule has 2 aromatic carbocycles. The van der Waals surface area contributed by atoms with Gasteiger partial charge in [0.1, 0.15) is 17.4 Å². The first-order valence-corrected chi connectivity index (χ1v) is 11.9. The highest BCUT2D eigenvalue weighted by Crippen LogP contribution is 2.33. The van der Waals surface area contributed by atoms with Crippen molar-refractivity contribution in [2.75, 3.05) is 26.7 Å². The highest BCUT2D eigenvalue weighted by atomic mass is 19.1. The Bertz CT molecular complexity index is 1280. The van der Waals surface area contributed by atoms with E-state index < -0.39 is 29.6 Å². The van der Waals surface area contributed by atoms with Crippen molar-refractivity contribution in [3.8, 4) is 17.6 Å². The van der Waals surface area contributed by atoms with Crippen LogP contribution < -0.4 is 4.74 Å². The van der Waals surface area contributed by atoms with Crippen LogP contribution in [0.5, 0.6) is 5.75 Å². The lowest BCUT2D eigenvalue weighted by atomic mass is 9.81.